The molecule has 2 N–H and O–H groups in total. The summed E-state index contributed by atoms with van der Waals surface area (Å²) in [7, 11) is 4.62. The Bertz CT molecular complexity index is 750. The van der Waals surface area contributed by atoms with Crippen molar-refractivity contribution in [3.8, 4) is 17.2 Å². The van der Waals surface area contributed by atoms with Crippen LogP contribution in [0.25, 0.3) is 0 Å². The molecule has 1 fully saturated rings. The van der Waals surface area contributed by atoms with Gasteiger partial charge in [-0.2, -0.15) is 0 Å². The molecule has 0 saturated carbocycles. The summed E-state index contributed by atoms with van der Waals surface area (Å²) in [5.74, 6) is 1.79. The number of hydrogen-bond donors (Lipinski definition) is 2. The van der Waals surface area contributed by atoms with E-state index in [9.17, 15) is 4.79 Å². The zero-order chi connectivity index (χ0) is 19.9. The Morgan fingerprint density at radius 3 is 2.36 bits per heavy atom. The summed E-state index contributed by atoms with van der Waals surface area (Å²) in [5.41, 5.74) is 0.559. The molecule has 152 valence electrons. The first-order valence-electron chi connectivity index (χ1n) is 9.15. The third kappa shape index (κ3) is 4.69. The number of thiophene rings is 1. The van der Waals surface area contributed by atoms with Crippen molar-refractivity contribution in [2.75, 3.05) is 39.9 Å². The van der Waals surface area contributed by atoms with Crippen molar-refractivity contribution in [1.29, 1.82) is 0 Å². The van der Waals surface area contributed by atoms with Gasteiger partial charge in [0.15, 0.2) is 11.5 Å². The molecule has 1 aromatic heterocycles. The van der Waals surface area contributed by atoms with Crippen LogP contribution in [0.1, 0.15) is 23.8 Å². The summed E-state index contributed by atoms with van der Waals surface area (Å²) in [6.07, 6.45) is 1.85. The van der Waals surface area contributed by atoms with Crippen molar-refractivity contribution >= 4 is 23.1 Å². The van der Waals surface area contributed by atoms with E-state index in [2.05, 4.69) is 16.7 Å². The second-order valence-electron chi connectivity index (χ2n) is 6.46. The lowest BCUT2D eigenvalue weighted by molar-refractivity contribution is 0.0555. The Morgan fingerprint density at radius 1 is 1.14 bits per heavy atom. The second kappa shape index (κ2) is 9.66. The molecular weight excluding hydrogens is 380 g/mol. The zero-order valence-corrected chi connectivity index (χ0v) is 17.1. The van der Waals surface area contributed by atoms with Gasteiger partial charge in [0, 0.05) is 30.2 Å². The van der Waals surface area contributed by atoms with Gasteiger partial charge >= 0.3 is 6.03 Å². The second-order valence-corrected chi connectivity index (χ2v) is 7.43. The minimum atomic E-state index is -0.279. The molecule has 0 radical (unpaired) electrons. The van der Waals surface area contributed by atoms with Crippen LogP contribution in [0.5, 0.6) is 17.2 Å². The lowest BCUT2D eigenvalue weighted by Gasteiger charge is -2.30. The molecule has 28 heavy (non-hydrogen) atoms. The third-order valence-corrected chi connectivity index (χ3v) is 5.75. The number of benzene rings is 1. The van der Waals surface area contributed by atoms with Crippen molar-refractivity contribution in [3.63, 3.8) is 0 Å². The molecule has 3 rings (SSSR count). The van der Waals surface area contributed by atoms with E-state index in [0.717, 1.165) is 30.9 Å². The van der Waals surface area contributed by atoms with Crippen molar-refractivity contribution in [1.82, 2.24) is 5.32 Å². The van der Waals surface area contributed by atoms with Crippen LogP contribution in [0.4, 0.5) is 10.5 Å². The molecule has 1 aliphatic heterocycles. The molecular formula is C20H26N2O5S. The predicted molar refractivity (Wildman–Crippen MR) is 109 cm³/mol. The number of anilines is 1. The van der Waals surface area contributed by atoms with Crippen molar-refractivity contribution in [2.24, 2.45) is 5.92 Å². The normalized spacial score (nSPS) is 15.5. The standard InChI is InChI=1S/C20H26N2O5S/c1-24-15-11-14(12-16(25-2)19(15)26-3)21-20(23)22-18(17-5-4-10-28-17)13-6-8-27-9-7-13/h4-5,10-13,18H,6-9H2,1-3H3,(H2,21,22,23). The van der Waals surface area contributed by atoms with Crippen LogP contribution in [-0.4, -0.2) is 40.6 Å². The molecule has 2 heterocycles. The monoisotopic (exact) mass is 406 g/mol. The highest BCUT2D eigenvalue weighted by Crippen LogP contribution is 2.40. The van der Waals surface area contributed by atoms with Crippen LogP contribution in [0.15, 0.2) is 29.6 Å². The summed E-state index contributed by atoms with van der Waals surface area (Å²) >= 11 is 1.65. The fourth-order valence-corrected chi connectivity index (χ4v) is 4.27. The van der Waals surface area contributed by atoms with E-state index in [1.165, 1.54) is 0 Å². The Kier molecular flexibility index (Phi) is 7.00. The van der Waals surface area contributed by atoms with Gasteiger partial charge in [-0.05, 0) is 30.2 Å². The molecule has 1 atom stereocenters. The van der Waals surface area contributed by atoms with Gasteiger partial charge in [-0.25, -0.2) is 4.79 Å². The first-order chi connectivity index (χ1) is 13.7. The van der Waals surface area contributed by atoms with Gasteiger partial charge < -0.3 is 29.6 Å². The first kappa shape index (κ1) is 20.3. The Morgan fingerprint density at radius 2 is 1.82 bits per heavy atom. The topological polar surface area (TPSA) is 78.1 Å². The molecule has 1 unspecified atom stereocenters. The average Bonchev–Trinajstić information content (AvgIpc) is 3.26. The van der Waals surface area contributed by atoms with Crippen molar-refractivity contribution in [3.05, 3.63) is 34.5 Å². The third-order valence-electron chi connectivity index (χ3n) is 4.80. The predicted octanol–water partition coefficient (Wildman–Crippen LogP) is 4.06. The number of carbonyl (C=O) groups is 1. The van der Waals surface area contributed by atoms with E-state index in [1.807, 2.05) is 11.4 Å². The Balaban J connectivity index is 1.76. The number of urea groups is 1. The molecule has 0 bridgehead atoms. The molecule has 2 aromatic rings. The largest absolute Gasteiger partial charge is 0.493 e. The maximum Gasteiger partial charge on any atom is 0.319 e. The minimum absolute atomic E-state index is 0.0501. The Labute approximate surface area is 168 Å². The number of rotatable bonds is 7. The number of amides is 2. The van der Waals surface area contributed by atoms with Crippen LogP contribution in [0, 0.1) is 5.92 Å². The van der Waals surface area contributed by atoms with E-state index in [-0.39, 0.29) is 12.1 Å². The Hall–Kier alpha value is -2.45. The summed E-state index contributed by atoms with van der Waals surface area (Å²) in [6.45, 7) is 1.45. The van der Waals surface area contributed by atoms with Gasteiger partial charge in [0.1, 0.15) is 0 Å². The molecule has 2 amide bonds. The number of ether oxygens (including phenoxy) is 4. The lowest BCUT2D eigenvalue weighted by atomic mass is 9.91. The van der Waals surface area contributed by atoms with E-state index < -0.39 is 0 Å². The number of nitrogens with one attached hydrogen (secondary N) is 2. The summed E-state index contributed by atoms with van der Waals surface area (Å²) < 4.78 is 21.5. The first-order valence-corrected chi connectivity index (χ1v) is 10.0. The quantitative estimate of drug-likeness (QED) is 0.725. The van der Waals surface area contributed by atoms with Crippen LogP contribution in [0.2, 0.25) is 0 Å². The molecule has 1 aromatic carbocycles. The maximum atomic E-state index is 12.8. The highest BCUT2D eigenvalue weighted by Gasteiger charge is 2.28. The van der Waals surface area contributed by atoms with Crippen LogP contribution < -0.4 is 24.8 Å². The molecule has 8 heteroatoms. The van der Waals surface area contributed by atoms with Crippen LogP contribution in [0.3, 0.4) is 0 Å². The zero-order valence-electron chi connectivity index (χ0n) is 16.3. The highest BCUT2D eigenvalue weighted by molar-refractivity contribution is 7.10. The SMILES string of the molecule is COc1cc(NC(=O)NC(c2cccs2)C2CCOCC2)cc(OC)c1OC. The van der Waals surface area contributed by atoms with Crippen LogP contribution in [-0.2, 0) is 4.74 Å². The lowest BCUT2D eigenvalue weighted by Crippen LogP contribution is -2.38. The molecule has 7 nitrogen and oxygen atoms in total. The minimum Gasteiger partial charge on any atom is -0.493 e. The molecule has 1 aliphatic rings. The van der Waals surface area contributed by atoms with Gasteiger partial charge in [-0.1, -0.05) is 6.07 Å². The summed E-state index contributed by atoms with van der Waals surface area (Å²) in [6, 6.07) is 7.14. The van der Waals surface area contributed by atoms with E-state index >= 15 is 0 Å². The van der Waals surface area contributed by atoms with Gasteiger partial charge in [-0.3, -0.25) is 0 Å². The van der Waals surface area contributed by atoms with Gasteiger partial charge in [0.2, 0.25) is 5.75 Å². The van der Waals surface area contributed by atoms with Crippen LogP contribution >= 0.6 is 11.3 Å². The van der Waals surface area contributed by atoms with E-state index in [1.54, 1.807) is 44.8 Å². The maximum absolute atomic E-state index is 12.8. The van der Waals surface area contributed by atoms with Gasteiger partial charge in [0.05, 0.1) is 33.1 Å². The highest BCUT2D eigenvalue weighted by atomic mass is 32.1. The van der Waals surface area contributed by atoms with Gasteiger partial charge in [0.25, 0.3) is 0 Å². The number of methoxy groups -OCH3 is 3. The van der Waals surface area contributed by atoms with E-state index in [0.29, 0.717) is 28.9 Å². The molecule has 0 spiro atoms. The van der Waals surface area contributed by atoms with Crippen molar-refractivity contribution in [2.45, 2.75) is 18.9 Å². The average molecular weight is 407 g/mol. The molecule has 1 saturated heterocycles. The summed E-state index contributed by atoms with van der Waals surface area (Å²) in [5, 5.41) is 8.04. The summed E-state index contributed by atoms with van der Waals surface area (Å²) in [4.78, 5) is 13.9. The van der Waals surface area contributed by atoms with E-state index in [4.69, 9.17) is 18.9 Å². The fourth-order valence-electron chi connectivity index (χ4n) is 3.40. The fraction of sp³-hybridized carbons (Fsp3) is 0.450. The van der Waals surface area contributed by atoms with Gasteiger partial charge in [-0.15, -0.1) is 11.3 Å². The van der Waals surface area contributed by atoms with Crippen molar-refractivity contribution < 1.29 is 23.7 Å². The number of carbonyl (C=O) groups excluding carboxylic acids is 1. The smallest absolute Gasteiger partial charge is 0.319 e. The molecule has 0 aliphatic carbocycles. The number of hydrogen-bond acceptors (Lipinski definition) is 6.